The lowest BCUT2D eigenvalue weighted by molar-refractivity contribution is 0.307. The summed E-state index contributed by atoms with van der Waals surface area (Å²) < 4.78 is 46.1. The van der Waals surface area contributed by atoms with Gasteiger partial charge in [-0.15, -0.1) is 10.2 Å². The smallest absolute Gasteiger partial charge is 0.240 e. The number of benzene rings is 2. The van der Waals surface area contributed by atoms with E-state index in [4.69, 9.17) is 4.74 Å². The molecule has 0 aliphatic rings. The van der Waals surface area contributed by atoms with Crippen molar-refractivity contribution in [2.75, 3.05) is 13.2 Å². The van der Waals surface area contributed by atoms with Gasteiger partial charge in [0.2, 0.25) is 15.9 Å². The topological polar surface area (TPSA) is 81.2 Å². The Morgan fingerprint density at radius 2 is 1.67 bits per heavy atom. The Hall–Kier alpha value is -2.11. The Balaban J connectivity index is 1.52. The van der Waals surface area contributed by atoms with Crippen LogP contribution in [0.4, 0.5) is 4.39 Å². The van der Waals surface area contributed by atoms with Crippen LogP contribution in [-0.4, -0.2) is 31.8 Å². The Kier molecular flexibility index (Phi) is 6.34. The van der Waals surface area contributed by atoms with Gasteiger partial charge in [-0.3, -0.25) is 0 Å². The summed E-state index contributed by atoms with van der Waals surface area (Å²) in [5.74, 6) is -0.0475. The second-order valence-electron chi connectivity index (χ2n) is 5.46. The van der Waals surface area contributed by atoms with E-state index in [0.717, 1.165) is 9.13 Å². The minimum absolute atomic E-state index is 0.0930. The fourth-order valence-electron chi connectivity index (χ4n) is 2.20. The molecule has 6 nitrogen and oxygen atoms in total. The fraction of sp³-hybridized carbons (Fsp3) is 0.111. The lowest BCUT2D eigenvalue weighted by Gasteiger charge is -2.08. The third-order valence-corrected chi connectivity index (χ3v) is 5.74. The molecule has 27 heavy (non-hydrogen) atoms. The Bertz CT molecular complexity index is 996. The molecule has 0 aliphatic heterocycles. The number of rotatable bonds is 7. The summed E-state index contributed by atoms with van der Waals surface area (Å²) in [5.41, 5.74) is 1.32. The van der Waals surface area contributed by atoms with Gasteiger partial charge < -0.3 is 4.74 Å². The molecule has 1 N–H and O–H groups in total. The third kappa shape index (κ3) is 5.44. The van der Waals surface area contributed by atoms with Crippen molar-refractivity contribution in [3.05, 3.63) is 70.1 Å². The Morgan fingerprint density at radius 3 is 2.30 bits per heavy atom. The van der Waals surface area contributed by atoms with E-state index in [1.165, 1.54) is 12.1 Å². The SMILES string of the molecule is O=S(=O)(NCCOc1ccc(-c2ccc(F)cc2)nn1)c1ccc(I)cc1. The molecule has 0 radical (unpaired) electrons. The predicted molar refractivity (Wildman–Crippen MR) is 107 cm³/mol. The molecule has 9 heteroatoms. The molecule has 140 valence electrons. The minimum atomic E-state index is -3.58. The van der Waals surface area contributed by atoms with Gasteiger partial charge in [0.05, 0.1) is 10.6 Å². The van der Waals surface area contributed by atoms with Gasteiger partial charge in [-0.05, 0) is 77.2 Å². The molecule has 0 unspecified atom stereocenters. The first-order chi connectivity index (χ1) is 12.9. The van der Waals surface area contributed by atoms with Crippen LogP contribution in [0.3, 0.4) is 0 Å². The van der Waals surface area contributed by atoms with Crippen LogP contribution in [0.15, 0.2) is 65.6 Å². The van der Waals surface area contributed by atoms with Crippen LogP contribution in [0, 0.1) is 9.39 Å². The van der Waals surface area contributed by atoms with Crippen molar-refractivity contribution in [2.45, 2.75) is 4.90 Å². The molecule has 0 saturated carbocycles. The molecule has 0 spiro atoms. The summed E-state index contributed by atoms with van der Waals surface area (Å²) >= 11 is 2.11. The molecule has 3 aromatic rings. The average molecular weight is 499 g/mol. The maximum absolute atomic E-state index is 12.9. The molecule has 1 heterocycles. The summed E-state index contributed by atoms with van der Waals surface area (Å²) in [5, 5.41) is 7.96. The highest BCUT2D eigenvalue weighted by Gasteiger charge is 2.13. The maximum atomic E-state index is 12.9. The van der Waals surface area contributed by atoms with E-state index < -0.39 is 10.0 Å². The second-order valence-corrected chi connectivity index (χ2v) is 8.48. The van der Waals surface area contributed by atoms with Crippen molar-refractivity contribution in [3.63, 3.8) is 0 Å². The van der Waals surface area contributed by atoms with Gasteiger partial charge in [0.25, 0.3) is 0 Å². The highest BCUT2D eigenvalue weighted by atomic mass is 127. The lowest BCUT2D eigenvalue weighted by Crippen LogP contribution is -2.28. The van der Waals surface area contributed by atoms with E-state index in [9.17, 15) is 12.8 Å². The molecule has 1 aromatic heterocycles. The monoisotopic (exact) mass is 499 g/mol. The first-order valence-corrected chi connectivity index (χ1v) is 10.5. The van der Waals surface area contributed by atoms with Crippen molar-refractivity contribution in [1.82, 2.24) is 14.9 Å². The van der Waals surface area contributed by atoms with Crippen molar-refractivity contribution in [3.8, 4) is 17.1 Å². The largest absolute Gasteiger partial charge is 0.475 e. The van der Waals surface area contributed by atoms with Gasteiger partial charge in [0, 0.05) is 21.7 Å². The second kappa shape index (κ2) is 8.72. The van der Waals surface area contributed by atoms with E-state index in [0.29, 0.717) is 5.69 Å². The highest BCUT2D eigenvalue weighted by Crippen LogP contribution is 2.18. The van der Waals surface area contributed by atoms with E-state index in [-0.39, 0.29) is 29.7 Å². The van der Waals surface area contributed by atoms with E-state index in [1.807, 2.05) is 0 Å². The van der Waals surface area contributed by atoms with Gasteiger partial charge in [-0.25, -0.2) is 17.5 Å². The molecule has 0 fully saturated rings. The fourth-order valence-corrected chi connectivity index (χ4v) is 3.57. The van der Waals surface area contributed by atoms with E-state index in [2.05, 4.69) is 37.5 Å². The molecule has 0 bridgehead atoms. The minimum Gasteiger partial charge on any atom is -0.475 e. The number of nitrogens with zero attached hydrogens (tertiary/aromatic N) is 2. The highest BCUT2D eigenvalue weighted by molar-refractivity contribution is 14.1. The zero-order chi connectivity index (χ0) is 19.3. The summed E-state index contributed by atoms with van der Waals surface area (Å²) in [4.78, 5) is 0.200. The normalized spacial score (nSPS) is 11.3. The van der Waals surface area contributed by atoms with Crippen LogP contribution < -0.4 is 9.46 Å². The number of aromatic nitrogens is 2. The zero-order valence-corrected chi connectivity index (χ0v) is 16.9. The van der Waals surface area contributed by atoms with Crippen LogP contribution >= 0.6 is 22.6 Å². The van der Waals surface area contributed by atoms with Crippen LogP contribution in [-0.2, 0) is 10.0 Å². The summed E-state index contributed by atoms with van der Waals surface area (Å²) in [6.45, 7) is 0.198. The predicted octanol–water partition coefficient (Wildman–Crippen LogP) is 3.24. The van der Waals surface area contributed by atoms with Crippen LogP contribution in [0.2, 0.25) is 0 Å². The summed E-state index contributed by atoms with van der Waals surface area (Å²) in [6, 6.07) is 15.8. The summed E-state index contributed by atoms with van der Waals surface area (Å²) in [7, 11) is -3.58. The standard InChI is InChI=1S/C18H15FIN3O3S/c19-14-3-1-13(2-4-14)17-9-10-18(23-22-17)26-12-11-21-27(24,25)16-7-5-15(20)6-8-16/h1-10,21H,11-12H2. The van der Waals surface area contributed by atoms with E-state index in [1.54, 1.807) is 48.5 Å². The van der Waals surface area contributed by atoms with Gasteiger partial charge in [-0.2, -0.15) is 0 Å². The van der Waals surface area contributed by atoms with Gasteiger partial charge in [0.1, 0.15) is 12.4 Å². The molecule has 0 atom stereocenters. The molecule has 3 rings (SSSR count). The average Bonchev–Trinajstić information content (AvgIpc) is 2.67. The maximum Gasteiger partial charge on any atom is 0.240 e. The number of ether oxygens (including phenoxy) is 1. The van der Waals surface area contributed by atoms with Crippen molar-refractivity contribution in [2.24, 2.45) is 0 Å². The number of nitrogens with one attached hydrogen (secondary N) is 1. The number of sulfonamides is 1. The van der Waals surface area contributed by atoms with Gasteiger partial charge >= 0.3 is 0 Å². The molecule has 2 aromatic carbocycles. The number of hydrogen-bond acceptors (Lipinski definition) is 5. The molecule has 0 amide bonds. The van der Waals surface area contributed by atoms with Crippen LogP contribution in [0.1, 0.15) is 0 Å². The zero-order valence-electron chi connectivity index (χ0n) is 14.0. The molecule has 0 aliphatic carbocycles. The van der Waals surface area contributed by atoms with Gasteiger partial charge in [-0.1, -0.05) is 0 Å². The van der Waals surface area contributed by atoms with Crippen LogP contribution in [0.25, 0.3) is 11.3 Å². The van der Waals surface area contributed by atoms with E-state index >= 15 is 0 Å². The number of halogens is 2. The quantitative estimate of drug-likeness (QED) is 0.399. The summed E-state index contributed by atoms with van der Waals surface area (Å²) in [6.07, 6.45) is 0. The number of hydrogen-bond donors (Lipinski definition) is 1. The Labute approximate surface area is 170 Å². The van der Waals surface area contributed by atoms with Gasteiger partial charge in [0.15, 0.2) is 0 Å². The first-order valence-electron chi connectivity index (χ1n) is 7.92. The molecular weight excluding hydrogens is 484 g/mol. The van der Waals surface area contributed by atoms with Crippen molar-refractivity contribution in [1.29, 1.82) is 0 Å². The molecule has 0 saturated heterocycles. The van der Waals surface area contributed by atoms with Crippen molar-refractivity contribution < 1.29 is 17.5 Å². The Morgan fingerprint density at radius 1 is 0.963 bits per heavy atom. The third-order valence-electron chi connectivity index (χ3n) is 3.55. The van der Waals surface area contributed by atoms with Crippen molar-refractivity contribution >= 4 is 32.6 Å². The molecular formula is C18H15FIN3O3S. The first kappa shape index (κ1) is 19.6. The lowest BCUT2D eigenvalue weighted by atomic mass is 10.1. The van der Waals surface area contributed by atoms with Crippen LogP contribution in [0.5, 0.6) is 5.88 Å².